The number of amides is 1. The van der Waals surface area contributed by atoms with E-state index in [0.717, 1.165) is 15.6 Å². The molecule has 0 radical (unpaired) electrons. The fourth-order valence-corrected chi connectivity index (χ4v) is 2.28. The molecule has 0 aromatic heterocycles. The summed E-state index contributed by atoms with van der Waals surface area (Å²) in [5, 5.41) is 0. The Balaban J connectivity index is 3.15. The second-order valence-corrected chi connectivity index (χ2v) is 4.88. The first-order valence-electron chi connectivity index (χ1n) is 5.33. The number of primary amides is 1. The number of benzene rings is 1. The highest BCUT2D eigenvalue weighted by molar-refractivity contribution is 14.1. The normalized spacial score (nSPS) is 14.1. The molecule has 0 bridgehead atoms. The molecule has 0 spiro atoms. The molecule has 0 saturated heterocycles. The zero-order valence-electron chi connectivity index (χ0n) is 9.90. The molecular formula is C12H16INO3. The van der Waals surface area contributed by atoms with Crippen LogP contribution in [0, 0.1) is 3.57 Å². The van der Waals surface area contributed by atoms with Gasteiger partial charge in [0.2, 0.25) is 5.79 Å². The minimum absolute atomic E-state index is 0.562. The van der Waals surface area contributed by atoms with E-state index in [9.17, 15) is 4.79 Å². The molecule has 94 valence electrons. The summed E-state index contributed by atoms with van der Waals surface area (Å²) in [6.07, 6.45) is 0.540. The lowest BCUT2D eigenvalue weighted by Crippen LogP contribution is -2.36. The summed E-state index contributed by atoms with van der Waals surface area (Å²) in [5.74, 6) is -1.08. The highest BCUT2D eigenvalue weighted by atomic mass is 127. The van der Waals surface area contributed by atoms with E-state index in [1.54, 1.807) is 0 Å². The van der Waals surface area contributed by atoms with Crippen molar-refractivity contribution in [2.45, 2.75) is 25.6 Å². The predicted octanol–water partition coefficient (Wildman–Crippen LogP) is 2.99. The molecule has 1 atom stereocenters. The third kappa shape index (κ3) is 3.57. The van der Waals surface area contributed by atoms with E-state index in [-0.39, 0.29) is 0 Å². The van der Waals surface area contributed by atoms with Crippen molar-refractivity contribution in [1.29, 1.82) is 0 Å². The van der Waals surface area contributed by atoms with Crippen molar-refractivity contribution >= 4 is 28.7 Å². The first-order chi connectivity index (χ1) is 8.04. The molecule has 1 rings (SSSR count). The van der Waals surface area contributed by atoms with Crippen LogP contribution in [-0.2, 0) is 15.3 Å². The van der Waals surface area contributed by atoms with Crippen LogP contribution in [0.2, 0.25) is 0 Å². The smallest absolute Gasteiger partial charge is 0.407 e. The molecule has 0 saturated carbocycles. The summed E-state index contributed by atoms with van der Waals surface area (Å²) in [7, 11) is 1.51. The lowest BCUT2D eigenvalue weighted by molar-refractivity contribution is -0.196. The zero-order valence-corrected chi connectivity index (χ0v) is 12.1. The largest absolute Gasteiger partial charge is 0.413 e. The molecule has 0 aliphatic carbocycles. The van der Waals surface area contributed by atoms with Gasteiger partial charge < -0.3 is 15.2 Å². The average molecular weight is 349 g/mol. The summed E-state index contributed by atoms with van der Waals surface area (Å²) in [5.41, 5.74) is 5.92. The maximum Gasteiger partial charge on any atom is 0.407 e. The third-order valence-corrected chi connectivity index (χ3v) is 3.11. The second kappa shape index (κ2) is 6.20. The van der Waals surface area contributed by atoms with Crippen molar-refractivity contribution in [3.63, 3.8) is 0 Å². The van der Waals surface area contributed by atoms with Gasteiger partial charge in [-0.05, 0) is 41.1 Å². The van der Waals surface area contributed by atoms with Gasteiger partial charge in [0.15, 0.2) is 0 Å². The molecule has 1 amide bonds. The second-order valence-electron chi connectivity index (χ2n) is 3.64. The molecule has 4 nitrogen and oxygen atoms in total. The lowest BCUT2D eigenvalue weighted by Gasteiger charge is -2.31. The van der Waals surface area contributed by atoms with E-state index in [0.29, 0.717) is 6.42 Å². The fourth-order valence-electron chi connectivity index (χ4n) is 1.73. The van der Waals surface area contributed by atoms with Gasteiger partial charge in [-0.2, -0.15) is 0 Å². The molecule has 0 unspecified atom stereocenters. The predicted molar refractivity (Wildman–Crippen MR) is 73.4 cm³/mol. The molecular weight excluding hydrogens is 333 g/mol. The van der Waals surface area contributed by atoms with Crippen molar-refractivity contribution in [1.82, 2.24) is 0 Å². The fraction of sp³-hybridized carbons (Fsp3) is 0.417. The number of carbonyl (C=O) groups excluding carboxylic acids is 1. The summed E-state index contributed by atoms with van der Waals surface area (Å²) >= 11 is 2.20. The number of carbonyl (C=O) groups is 1. The molecule has 1 aromatic carbocycles. The molecule has 0 fully saturated rings. The first-order valence-corrected chi connectivity index (χ1v) is 6.41. The summed E-state index contributed by atoms with van der Waals surface area (Å²) in [6, 6.07) is 7.64. The summed E-state index contributed by atoms with van der Waals surface area (Å²) in [6.45, 7) is 1.99. The van der Waals surface area contributed by atoms with E-state index >= 15 is 0 Å². The van der Waals surface area contributed by atoms with Gasteiger partial charge in [0.05, 0.1) is 0 Å². The van der Waals surface area contributed by atoms with E-state index in [1.807, 2.05) is 31.2 Å². The number of hydrogen-bond acceptors (Lipinski definition) is 3. The van der Waals surface area contributed by atoms with Gasteiger partial charge in [-0.1, -0.05) is 19.1 Å². The number of hydrogen-bond donors (Lipinski definition) is 1. The van der Waals surface area contributed by atoms with Crippen LogP contribution in [0.15, 0.2) is 24.3 Å². The monoisotopic (exact) mass is 349 g/mol. The number of rotatable bonds is 5. The first kappa shape index (κ1) is 14.2. The van der Waals surface area contributed by atoms with Crippen LogP contribution in [-0.4, -0.2) is 13.2 Å². The molecule has 1 aromatic rings. The Morgan fingerprint density at radius 1 is 1.53 bits per heavy atom. The third-order valence-electron chi connectivity index (χ3n) is 2.44. The van der Waals surface area contributed by atoms with E-state index in [1.165, 1.54) is 7.11 Å². The van der Waals surface area contributed by atoms with Gasteiger partial charge >= 0.3 is 6.09 Å². The van der Waals surface area contributed by atoms with E-state index < -0.39 is 11.9 Å². The Bertz CT molecular complexity index is 397. The number of halogens is 1. The van der Waals surface area contributed by atoms with Gasteiger partial charge in [-0.15, -0.1) is 0 Å². The van der Waals surface area contributed by atoms with Crippen LogP contribution in [0.4, 0.5) is 4.79 Å². The highest BCUT2D eigenvalue weighted by Crippen LogP contribution is 2.32. The Labute approximate surface area is 115 Å². The molecule has 0 heterocycles. The van der Waals surface area contributed by atoms with Crippen LogP contribution >= 0.6 is 22.6 Å². The summed E-state index contributed by atoms with van der Waals surface area (Å²) in [4.78, 5) is 11.0. The Morgan fingerprint density at radius 2 is 2.24 bits per heavy atom. The van der Waals surface area contributed by atoms with E-state index in [2.05, 4.69) is 22.6 Å². The van der Waals surface area contributed by atoms with Crippen molar-refractivity contribution in [3.05, 3.63) is 33.4 Å². The quantitative estimate of drug-likeness (QED) is 0.657. The van der Waals surface area contributed by atoms with Crippen molar-refractivity contribution in [2.24, 2.45) is 5.73 Å². The summed E-state index contributed by atoms with van der Waals surface area (Å²) < 4.78 is 11.6. The van der Waals surface area contributed by atoms with Crippen LogP contribution in [0.3, 0.4) is 0 Å². The van der Waals surface area contributed by atoms with E-state index in [4.69, 9.17) is 15.2 Å². The topological polar surface area (TPSA) is 61.6 Å². The van der Waals surface area contributed by atoms with Gasteiger partial charge in [0.25, 0.3) is 0 Å². The Kier molecular flexibility index (Phi) is 5.20. The van der Waals surface area contributed by atoms with Gasteiger partial charge in [0.1, 0.15) is 0 Å². The lowest BCUT2D eigenvalue weighted by atomic mass is 10.0. The number of nitrogens with two attached hydrogens (primary N) is 1. The molecule has 5 heteroatoms. The van der Waals surface area contributed by atoms with Gasteiger partial charge in [-0.25, -0.2) is 4.79 Å². The minimum Gasteiger partial charge on any atom is -0.413 e. The number of methoxy groups -OCH3 is 1. The number of ether oxygens (including phenoxy) is 2. The van der Waals surface area contributed by atoms with Crippen molar-refractivity contribution < 1.29 is 14.3 Å². The molecule has 2 N–H and O–H groups in total. The van der Waals surface area contributed by atoms with Crippen molar-refractivity contribution in [2.75, 3.05) is 7.11 Å². The van der Waals surface area contributed by atoms with Gasteiger partial charge in [-0.3, -0.25) is 0 Å². The maximum absolute atomic E-state index is 11.0. The average Bonchev–Trinajstić information content (AvgIpc) is 2.27. The maximum atomic E-state index is 11.0. The van der Waals surface area contributed by atoms with Crippen LogP contribution in [0.1, 0.15) is 25.3 Å². The Hall–Kier alpha value is -0.820. The molecule has 0 aliphatic rings. The minimum atomic E-state index is -1.08. The highest BCUT2D eigenvalue weighted by Gasteiger charge is 2.35. The SMILES string of the molecule is CCC[C@](OC)(OC(N)=O)c1cccc(I)c1. The molecule has 17 heavy (non-hydrogen) atoms. The van der Waals surface area contributed by atoms with Crippen LogP contribution in [0.5, 0.6) is 0 Å². The van der Waals surface area contributed by atoms with Crippen LogP contribution < -0.4 is 5.73 Å². The van der Waals surface area contributed by atoms with Gasteiger partial charge in [0, 0.05) is 22.7 Å². The standard InChI is InChI=1S/C12H16INO3/c1-3-7-12(16-2,17-11(14)15)9-5-4-6-10(13)8-9/h4-6,8H,3,7H2,1-2H3,(H2,14,15)/t12-/m0/s1. The zero-order chi connectivity index (χ0) is 12.9. The van der Waals surface area contributed by atoms with Crippen LogP contribution in [0.25, 0.3) is 0 Å². The van der Waals surface area contributed by atoms with Crippen molar-refractivity contribution in [3.8, 4) is 0 Å². The Morgan fingerprint density at radius 3 is 2.71 bits per heavy atom. The molecule has 0 aliphatic heterocycles.